The molecule has 1 aliphatic heterocycles. The first kappa shape index (κ1) is 21.6. The first-order valence-corrected chi connectivity index (χ1v) is 10.1. The summed E-state index contributed by atoms with van der Waals surface area (Å²) >= 11 is 18.3. The van der Waals surface area contributed by atoms with E-state index in [1.54, 1.807) is 48.2 Å². The Kier molecular flexibility index (Phi) is 7.11. The Labute approximate surface area is 184 Å². The van der Waals surface area contributed by atoms with Crippen molar-refractivity contribution in [1.29, 1.82) is 0 Å². The predicted octanol–water partition coefficient (Wildman–Crippen LogP) is 4.33. The number of ether oxygens (including phenoxy) is 1. The van der Waals surface area contributed by atoms with Crippen LogP contribution in [-0.4, -0.2) is 49.5 Å². The molecule has 1 fully saturated rings. The average Bonchev–Trinajstić information content (AvgIpc) is 2.67. The van der Waals surface area contributed by atoms with Gasteiger partial charge in [0, 0.05) is 38.1 Å². The minimum absolute atomic E-state index is 0.0512. The van der Waals surface area contributed by atoms with Crippen LogP contribution in [0.25, 0.3) is 0 Å². The molecule has 2 aromatic carbocycles. The van der Waals surface area contributed by atoms with Crippen LogP contribution in [0.15, 0.2) is 36.4 Å². The molecule has 0 aromatic heterocycles. The van der Waals surface area contributed by atoms with Crippen LogP contribution in [0.3, 0.4) is 0 Å². The van der Waals surface area contributed by atoms with E-state index < -0.39 is 0 Å². The maximum atomic E-state index is 12.4. The van der Waals surface area contributed by atoms with Crippen molar-refractivity contribution in [2.24, 2.45) is 0 Å². The average molecular weight is 457 g/mol. The van der Waals surface area contributed by atoms with E-state index in [4.69, 9.17) is 39.5 Å². The summed E-state index contributed by atoms with van der Waals surface area (Å²) < 4.78 is 5.49. The third-order valence-electron chi connectivity index (χ3n) is 4.55. The Balaban J connectivity index is 1.67. The predicted molar refractivity (Wildman–Crippen MR) is 117 cm³/mol. The third kappa shape index (κ3) is 5.47. The highest BCUT2D eigenvalue weighted by atomic mass is 35.5. The van der Waals surface area contributed by atoms with E-state index in [0.717, 1.165) is 5.69 Å². The van der Waals surface area contributed by atoms with E-state index in [0.29, 0.717) is 52.7 Å². The molecule has 0 unspecified atom stereocenters. The highest BCUT2D eigenvalue weighted by molar-refractivity contribution is 6.35. The van der Waals surface area contributed by atoms with Crippen LogP contribution in [0.2, 0.25) is 15.1 Å². The van der Waals surface area contributed by atoms with Crippen LogP contribution in [0.1, 0.15) is 6.92 Å². The topological polar surface area (TPSA) is 61.9 Å². The van der Waals surface area contributed by atoms with Gasteiger partial charge in [0.15, 0.2) is 6.61 Å². The molecule has 0 atom stereocenters. The van der Waals surface area contributed by atoms with Gasteiger partial charge < -0.3 is 19.9 Å². The van der Waals surface area contributed by atoms with E-state index in [2.05, 4.69) is 10.2 Å². The SMILES string of the molecule is CC(=O)N1CCN(c2c(Cl)cccc2NC(=O)COc2ccc(Cl)cc2Cl)CC1. The van der Waals surface area contributed by atoms with Gasteiger partial charge in [0.2, 0.25) is 5.91 Å². The molecule has 9 heteroatoms. The Hall–Kier alpha value is -2.15. The molecule has 1 aliphatic rings. The maximum Gasteiger partial charge on any atom is 0.262 e. The number of piperazine rings is 1. The van der Waals surface area contributed by atoms with E-state index in [-0.39, 0.29) is 18.4 Å². The second kappa shape index (κ2) is 9.57. The smallest absolute Gasteiger partial charge is 0.262 e. The monoisotopic (exact) mass is 455 g/mol. The molecule has 2 aromatic rings. The summed E-state index contributed by atoms with van der Waals surface area (Å²) in [5.41, 5.74) is 1.32. The molecule has 1 heterocycles. The molecule has 0 saturated carbocycles. The highest BCUT2D eigenvalue weighted by Crippen LogP contribution is 2.35. The summed E-state index contributed by atoms with van der Waals surface area (Å²) in [7, 11) is 0. The number of carbonyl (C=O) groups excluding carboxylic acids is 2. The van der Waals surface area contributed by atoms with Gasteiger partial charge in [-0.15, -0.1) is 0 Å². The van der Waals surface area contributed by atoms with Gasteiger partial charge in [-0.1, -0.05) is 40.9 Å². The van der Waals surface area contributed by atoms with Crippen molar-refractivity contribution in [3.8, 4) is 5.75 Å². The van der Waals surface area contributed by atoms with Crippen molar-refractivity contribution in [3.05, 3.63) is 51.5 Å². The number of benzene rings is 2. The van der Waals surface area contributed by atoms with E-state index in [1.165, 1.54) is 0 Å². The van der Waals surface area contributed by atoms with Gasteiger partial charge in [0.1, 0.15) is 5.75 Å². The summed E-state index contributed by atoms with van der Waals surface area (Å²) in [5, 5.41) is 4.19. The van der Waals surface area contributed by atoms with Crippen LogP contribution >= 0.6 is 34.8 Å². The first-order chi connectivity index (χ1) is 13.8. The molecule has 1 saturated heterocycles. The zero-order valence-corrected chi connectivity index (χ0v) is 18.0. The van der Waals surface area contributed by atoms with Crippen molar-refractivity contribution in [2.75, 3.05) is 43.0 Å². The minimum atomic E-state index is -0.345. The van der Waals surface area contributed by atoms with Crippen LogP contribution in [0.5, 0.6) is 5.75 Å². The van der Waals surface area contributed by atoms with Crippen molar-refractivity contribution in [1.82, 2.24) is 4.90 Å². The van der Waals surface area contributed by atoms with Crippen LogP contribution < -0.4 is 15.0 Å². The number of hydrogen-bond acceptors (Lipinski definition) is 4. The van der Waals surface area contributed by atoms with E-state index >= 15 is 0 Å². The lowest BCUT2D eigenvalue weighted by Crippen LogP contribution is -2.48. The number of hydrogen-bond donors (Lipinski definition) is 1. The molecule has 29 heavy (non-hydrogen) atoms. The zero-order valence-electron chi connectivity index (χ0n) is 15.8. The van der Waals surface area contributed by atoms with Crippen molar-refractivity contribution in [3.63, 3.8) is 0 Å². The molecule has 2 amide bonds. The fourth-order valence-electron chi connectivity index (χ4n) is 3.10. The zero-order chi connectivity index (χ0) is 21.0. The molecule has 0 radical (unpaired) electrons. The van der Waals surface area contributed by atoms with Gasteiger partial charge in [0.05, 0.1) is 21.4 Å². The molecule has 3 rings (SSSR count). The van der Waals surface area contributed by atoms with E-state index in [1.807, 2.05) is 0 Å². The lowest BCUT2D eigenvalue weighted by atomic mass is 10.2. The molecule has 1 N–H and O–H groups in total. The number of carbonyl (C=O) groups is 2. The number of anilines is 2. The van der Waals surface area contributed by atoms with Gasteiger partial charge in [-0.3, -0.25) is 9.59 Å². The molecule has 6 nitrogen and oxygen atoms in total. The first-order valence-electron chi connectivity index (χ1n) is 9.02. The molecule has 0 bridgehead atoms. The minimum Gasteiger partial charge on any atom is -0.482 e. The van der Waals surface area contributed by atoms with Gasteiger partial charge in [-0.05, 0) is 30.3 Å². The van der Waals surface area contributed by atoms with Gasteiger partial charge >= 0.3 is 0 Å². The Bertz CT molecular complexity index is 915. The quantitative estimate of drug-likeness (QED) is 0.727. The van der Waals surface area contributed by atoms with Gasteiger partial charge in [0.25, 0.3) is 5.91 Å². The summed E-state index contributed by atoms with van der Waals surface area (Å²) in [6.45, 7) is 3.81. The van der Waals surface area contributed by atoms with Gasteiger partial charge in [-0.25, -0.2) is 0 Å². The number of amides is 2. The second-order valence-electron chi connectivity index (χ2n) is 6.54. The summed E-state index contributed by atoms with van der Waals surface area (Å²) in [6, 6.07) is 10.1. The molecular formula is C20H20Cl3N3O3. The lowest BCUT2D eigenvalue weighted by Gasteiger charge is -2.36. The number of halogens is 3. The number of para-hydroxylation sites is 1. The third-order valence-corrected chi connectivity index (χ3v) is 5.39. The number of nitrogens with zero attached hydrogens (tertiary/aromatic N) is 2. The van der Waals surface area contributed by atoms with Crippen LogP contribution in [0, 0.1) is 0 Å². The largest absolute Gasteiger partial charge is 0.482 e. The van der Waals surface area contributed by atoms with E-state index in [9.17, 15) is 9.59 Å². The lowest BCUT2D eigenvalue weighted by molar-refractivity contribution is -0.129. The highest BCUT2D eigenvalue weighted by Gasteiger charge is 2.23. The van der Waals surface area contributed by atoms with Crippen molar-refractivity contribution >= 4 is 58.0 Å². The molecule has 154 valence electrons. The Morgan fingerprint density at radius 1 is 1.03 bits per heavy atom. The van der Waals surface area contributed by atoms with Crippen LogP contribution in [-0.2, 0) is 9.59 Å². The molecule has 0 spiro atoms. The maximum absolute atomic E-state index is 12.4. The van der Waals surface area contributed by atoms with Gasteiger partial charge in [-0.2, -0.15) is 0 Å². The normalized spacial score (nSPS) is 13.9. The summed E-state index contributed by atoms with van der Waals surface area (Å²) in [5.74, 6) is 0.0788. The Morgan fingerprint density at radius 2 is 1.76 bits per heavy atom. The fourth-order valence-corrected chi connectivity index (χ4v) is 3.86. The summed E-state index contributed by atoms with van der Waals surface area (Å²) in [6.07, 6.45) is 0. The fraction of sp³-hybridized carbons (Fsp3) is 0.300. The second-order valence-corrected chi connectivity index (χ2v) is 7.79. The Morgan fingerprint density at radius 3 is 2.41 bits per heavy atom. The number of nitrogens with one attached hydrogen (secondary N) is 1. The molecular weight excluding hydrogens is 437 g/mol. The number of rotatable bonds is 5. The standard InChI is InChI=1S/C20H20Cl3N3O3/c1-13(27)25-7-9-26(10-8-25)20-15(22)3-2-4-17(20)24-19(28)12-29-18-6-5-14(21)11-16(18)23/h2-6,11H,7-10,12H2,1H3,(H,24,28). The summed E-state index contributed by atoms with van der Waals surface area (Å²) in [4.78, 5) is 27.8. The van der Waals surface area contributed by atoms with Crippen molar-refractivity contribution < 1.29 is 14.3 Å². The van der Waals surface area contributed by atoms with Crippen molar-refractivity contribution in [2.45, 2.75) is 6.92 Å². The van der Waals surface area contributed by atoms with Crippen LogP contribution in [0.4, 0.5) is 11.4 Å². The molecule has 0 aliphatic carbocycles.